The van der Waals surface area contributed by atoms with Gasteiger partial charge in [-0.25, -0.2) is 0 Å². The van der Waals surface area contributed by atoms with E-state index in [1.165, 1.54) is 12.7 Å². The molecule has 3 rings (SSSR count). The molecule has 0 radical (unpaired) electrons. The number of oxime groups is 1. The number of hydrogen-bond donors (Lipinski definition) is 0. The molecule has 0 N–H and O–H groups in total. The number of benzene rings is 2. The van der Waals surface area contributed by atoms with Gasteiger partial charge >= 0.3 is 0 Å². The number of nitrogens with zero attached hydrogens (tertiary/aromatic N) is 3. The summed E-state index contributed by atoms with van der Waals surface area (Å²) in [6.07, 6.45) is 1.62. The van der Waals surface area contributed by atoms with Crippen molar-refractivity contribution in [2.24, 2.45) is 5.16 Å². The number of ether oxygens (including phenoxy) is 1. The Labute approximate surface area is 166 Å². The maximum absolute atomic E-state index is 12.7. The molecular weight excluding hydrogens is 354 g/mol. The Morgan fingerprint density at radius 1 is 1.04 bits per heavy atom. The molecular formula is C22H27N3O3. The third-order valence-corrected chi connectivity index (χ3v) is 4.76. The standard InChI is InChI=1S/C22H27N3O3/c1-3-28-21-10-6-19(7-11-21)17-24-12-14-25(15-13-24)22(26)20-8-4-18(5-9-20)16-23-27-2/h4-11,16H,3,12-15,17H2,1-2H3/b23-16+. The average Bonchev–Trinajstić information content (AvgIpc) is 2.74. The molecule has 1 amide bonds. The zero-order valence-electron chi connectivity index (χ0n) is 16.5. The molecule has 1 aliphatic rings. The molecule has 2 aromatic carbocycles. The lowest BCUT2D eigenvalue weighted by Crippen LogP contribution is -2.48. The van der Waals surface area contributed by atoms with Crippen molar-refractivity contribution in [2.45, 2.75) is 13.5 Å². The highest BCUT2D eigenvalue weighted by Crippen LogP contribution is 2.16. The fraction of sp³-hybridized carbons (Fsp3) is 0.364. The third kappa shape index (κ3) is 5.33. The summed E-state index contributed by atoms with van der Waals surface area (Å²) >= 11 is 0. The summed E-state index contributed by atoms with van der Waals surface area (Å²) in [5.41, 5.74) is 2.87. The fourth-order valence-corrected chi connectivity index (χ4v) is 3.23. The van der Waals surface area contributed by atoms with E-state index in [-0.39, 0.29) is 5.91 Å². The molecule has 0 saturated carbocycles. The minimum atomic E-state index is 0.0796. The van der Waals surface area contributed by atoms with Crippen molar-refractivity contribution in [1.29, 1.82) is 0 Å². The largest absolute Gasteiger partial charge is 0.494 e. The van der Waals surface area contributed by atoms with Crippen molar-refractivity contribution >= 4 is 12.1 Å². The lowest BCUT2D eigenvalue weighted by Gasteiger charge is -2.34. The molecule has 6 nitrogen and oxygen atoms in total. The van der Waals surface area contributed by atoms with E-state index in [1.54, 1.807) is 6.21 Å². The average molecular weight is 381 g/mol. The number of amides is 1. The van der Waals surface area contributed by atoms with Gasteiger partial charge in [-0.1, -0.05) is 29.4 Å². The van der Waals surface area contributed by atoms with Crippen LogP contribution in [0.3, 0.4) is 0 Å². The highest BCUT2D eigenvalue weighted by molar-refractivity contribution is 5.95. The van der Waals surface area contributed by atoms with Crippen LogP contribution in [0.4, 0.5) is 0 Å². The van der Waals surface area contributed by atoms with E-state index in [0.717, 1.165) is 44.0 Å². The molecule has 0 aliphatic carbocycles. The van der Waals surface area contributed by atoms with Crippen LogP contribution in [0.15, 0.2) is 53.7 Å². The van der Waals surface area contributed by atoms with Crippen molar-refractivity contribution in [3.8, 4) is 5.75 Å². The molecule has 0 atom stereocenters. The van der Waals surface area contributed by atoms with Gasteiger partial charge in [-0.2, -0.15) is 0 Å². The second kappa shape index (κ2) is 9.90. The second-order valence-corrected chi connectivity index (χ2v) is 6.68. The van der Waals surface area contributed by atoms with E-state index in [1.807, 2.05) is 48.2 Å². The SMILES string of the molecule is CCOc1ccc(CN2CCN(C(=O)c3ccc(/C=N/OC)cc3)CC2)cc1. The maximum atomic E-state index is 12.7. The first-order valence-electron chi connectivity index (χ1n) is 9.59. The molecule has 148 valence electrons. The minimum Gasteiger partial charge on any atom is -0.494 e. The third-order valence-electron chi connectivity index (χ3n) is 4.76. The summed E-state index contributed by atoms with van der Waals surface area (Å²) in [4.78, 5) is 21.7. The van der Waals surface area contributed by atoms with Gasteiger partial charge in [0.1, 0.15) is 12.9 Å². The predicted molar refractivity (Wildman–Crippen MR) is 110 cm³/mol. The Balaban J connectivity index is 1.50. The van der Waals surface area contributed by atoms with Crippen LogP contribution < -0.4 is 4.74 Å². The van der Waals surface area contributed by atoms with Crippen LogP contribution in [-0.2, 0) is 11.4 Å². The smallest absolute Gasteiger partial charge is 0.253 e. The van der Waals surface area contributed by atoms with E-state index < -0.39 is 0 Å². The van der Waals surface area contributed by atoms with E-state index in [2.05, 4.69) is 27.0 Å². The quantitative estimate of drug-likeness (QED) is 0.546. The van der Waals surface area contributed by atoms with Crippen LogP contribution in [0.25, 0.3) is 0 Å². The summed E-state index contributed by atoms with van der Waals surface area (Å²) in [5.74, 6) is 0.983. The minimum absolute atomic E-state index is 0.0796. The topological polar surface area (TPSA) is 54.4 Å². The molecule has 0 bridgehead atoms. The first-order valence-corrected chi connectivity index (χ1v) is 9.59. The van der Waals surface area contributed by atoms with Crippen molar-refractivity contribution in [1.82, 2.24) is 9.80 Å². The first kappa shape index (κ1) is 19.9. The van der Waals surface area contributed by atoms with Crippen LogP contribution in [0.5, 0.6) is 5.75 Å². The van der Waals surface area contributed by atoms with E-state index in [9.17, 15) is 4.79 Å². The fourth-order valence-electron chi connectivity index (χ4n) is 3.23. The molecule has 0 spiro atoms. The van der Waals surface area contributed by atoms with Crippen molar-refractivity contribution < 1.29 is 14.4 Å². The molecule has 1 heterocycles. The molecule has 1 aliphatic heterocycles. The lowest BCUT2D eigenvalue weighted by atomic mass is 10.1. The summed E-state index contributed by atoms with van der Waals surface area (Å²) < 4.78 is 5.49. The van der Waals surface area contributed by atoms with Gasteiger partial charge < -0.3 is 14.5 Å². The molecule has 6 heteroatoms. The summed E-state index contributed by atoms with van der Waals surface area (Å²) in [5, 5.41) is 3.73. The lowest BCUT2D eigenvalue weighted by molar-refractivity contribution is 0.0628. The maximum Gasteiger partial charge on any atom is 0.253 e. The molecule has 0 aromatic heterocycles. The molecule has 2 aromatic rings. The van der Waals surface area contributed by atoms with Crippen LogP contribution in [-0.4, -0.2) is 61.8 Å². The van der Waals surface area contributed by atoms with Crippen LogP contribution in [0.2, 0.25) is 0 Å². The van der Waals surface area contributed by atoms with Gasteiger partial charge in [-0.3, -0.25) is 9.69 Å². The highest BCUT2D eigenvalue weighted by Gasteiger charge is 2.22. The van der Waals surface area contributed by atoms with Crippen LogP contribution in [0, 0.1) is 0 Å². The van der Waals surface area contributed by atoms with Crippen LogP contribution >= 0.6 is 0 Å². The zero-order valence-corrected chi connectivity index (χ0v) is 16.5. The number of piperazine rings is 1. The summed E-state index contributed by atoms with van der Waals surface area (Å²) in [7, 11) is 1.50. The van der Waals surface area contributed by atoms with Gasteiger partial charge in [0.25, 0.3) is 5.91 Å². The van der Waals surface area contributed by atoms with Gasteiger partial charge in [0.05, 0.1) is 12.8 Å². The van der Waals surface area contributed by atoms with Gasteiger partial charge in [-0.05, 0) is 42.3 Å². The Morgan fingerprint density at radius 3 is 2.32 bits per heavy atom. The normalized spacial score (nSPS) is 15.0. The highest BCUT2D eigenvalue weighted by atomic mass is 16.6. The van der Waals surface area contributed by atoms with Gasteiger partial charge in [0, 0.05) is 38.3 Å². The zero-order chi connectivity index (χ0) is 19.8. The van der Waals surface area contributed by atoms with Crippen molar-refractivity contribution in [2.75, 3.05) is 39.9 Å². The van der Waals surface area contributed by atoms with Crippen LogP contribution in [0.1, 0.15) is 28.4 Å². The Morgan fingerprint density at radius 2 is 1.71 bits per heavy atom. The summed E-state index contributed by atoms with van der Waals surface area (Å²) in [6.45, 7) is 6.78. The number of hydrogen-bond acceptors (Lipinski definition) is 5. The molecule has 28 heavy (non-hydrogen) atoms. The Kier molecular flexibility index (Phi) is 7.03. The van der Waals surface area contributed by atoms with E-state index in [4.69, 9.17) is 4.74 Å². The first-order chi connectivity index (χ1) is 13.7. The molecule has 0 unspecified atom stereocenters. The van der Waals surface area contributed by atoms with E-state index in [0.29, 0.717) is 12.2 Å². The number of carbonyl (C=O) groups excluding carboxylic acids is 1. The Hall–Kier alpha value is -2.86. The number of rotatable bonds is 7. The predicted octanol–water partition coefficient (Wildman–Crippen LogP) is 3.02. The summed E-state index contributed by atoms with van der Waals surface area (Å²) in [6, 6.07) is 15.7. The number of carbonyl (C=O) groups is 1. The monoisotopic (exact) mass is 381 g/mol. The Bertz CT molecular complexity index is 780. The van der Waals surface area contributed by atoms with Gasteiger partial charge in [0.2, 0.25) is 0 Å². The molecule has 1 saturated heterocycles. The van der Waals surface area contributed by atoms with Crippen molar-refractivity contribution in [3.63, 3.8) is 0 Å². The molecule has 1 fully saturated rings. The van der Waals surface area contributed by atoms with Crippen molar-refractivity contribution in [3.05, 3.63) is 65.2 Å². The van der Waals surface area contributed by atoms with Gasteiger partial charge in [0.15, 0.2) is 0 Å². The van der Waals surface area contributed by atoms with Gasteiger partial charge in [-0.15, -0.1) is 0 Å². The second-order valence-electron chi connectivity index (χ2n) is 6.68. The van der Waals surface area contributed by atoms with E-state index >= 15 is 0 Å².